The maximum atomic E-state index is 12.7. The second-order valence-electron chi connectivity index (χ2n) is 4.47. The molecular formula is C14H18F3NO2. The molecule has 6 heteroatoms. The summed E-state index contributed by atoms with van der Waals surface area (Å²) in [4.78, 5) is 1.79. The van der Waals surface area contributed by atoms with Crippen molar-refractivity contribution >= 4 is 0 Å². The highest BCUT2D eigenvalue weighted by Crippen LogP contribution is 2.35. The van der Waals surface area contributed by atoms with Crippen molar-refractivity contribution in [2.45, 2.75) is 12.3 Å². The zero-order valence-corrected chi connectivity index (χ0v) is 11.2. The first kappa shape index (κ1) is 16.5. The van der Waals surface area contributed by atoms with Gasteiger partial charge in [0.05, 0.1) is 5.56 Å². The highest BCUT2D eigenvalue weighted by molar-refractivity contribution is 5.35. The van der Waals surface area contributed by atoms with E-state index in [0.717, 1.165) is 6.07 Å². The number of likely N-dealkylation sites (N-methyl/N-ethyl adjacent to an activating group) is 1. The van der Waals surface area contributed by atoms with Crippen molar-refractivity contribution in [1.82, 2.24) is 4.90 Å². The molecule has 0 amide bonds. The van der Waals surface area contributed by atoms with Gasteiger partial charge in [-0.2, -0.15) is 13.2 Å². The molecule has 1 unspecified atom stereocenters. The number of hydrogen-bond acceptors (Lipinski definition) is 3. The highest BCUT2D eigenvalue weighted by atomic mass is 19.4. The summed E-state index contributed by atoms with van der Waals surface area (Å²) in [6.45, 7) is 4.23. The molecule has 0 bridgehead atoms. The van der Waals surface area contributed by atoms with Gasteiger partial charge in [-0.3, -0.25) is 0 Å². The lowest BCUT2D eigenvalue weighted by Crippen LogP contribution is -2.33. The molecule has 0 aliphatic rings. The van der Waals surface area contributed by atoms with Crippen LogP contribution in [0.25, 0.3) is 0 Å². The minimum absolute atomic E-state index is 0.200. The summed E-state index contributed by atoms with van der Waals surface area (Å²) in [6, 6.07) is 4.94. The van der Waals surface area contributed by atoms with Crippen molar-refractivity contribution in [2.24, 2.45) is 0 Å². The first-order chi connectivity index (χ1) is 9.34. The number of hydrogen-bond donors (Lipinski definition) is 1. The van der Waals surface area contributed by atoms with Crippen molar-refractivity contribution in [1.29, 1.82) is 0 Å². The fourth-order valence-electron chi connectivity index (χ4n) is 1.72. The number of aliphatic hydroxyl groups is 1. The molecule has 1 aromatic carbocycles. The number of halogens is 3. The molecule has 0 aromatic heterocycles. The lowest BCUT2D eigenvalue weighted by molar-refractivity contribution is -0.139. The smallest absolute Gasteiger partial charge is 0.419 e. The third kappa shape index (κ3) is 5.22. The van der Waals surface area contributed by atoms with Crippen LogP contribution in [0, 0.1) is 0 Å². The van der Waals surface area contributed by atoms with Gasteiger partial charge in [-0.15, -0.1) is 6.58 Å². The first-order valence-corrected chi connectivity index (χ1v) is 6.11. The van der Waals surface area contributed by atoms with Crippen LogP contribution in [0.15, 0.2) is 36.9 Å². The Labute approximate surface area is 116 Å². The Hall–Kier alpha value is -1.53. The van der Waals surface area contributed by atoms with Crippen LogP contribution in [0.1, 0.15) is 5.56 Å². The van der Waals surface area contributed by atoms with Gasteiger partial charge >= 0.3 is 6.18 Å². The average Bonchev–Trinajstić information content (AvgIpc) is 2.36. The maximum Gasteiger partial charge on any atom is 0.419 e. The molecule has 1 N–H and O–H groups in total. The number of benzene rings is 1. The molecule has 0 spiro atoms. The van der Waals surface area contributed by atoms with Gasteiger partial charge in [0.25, 0.3) is 0 Å². The number of aliphatic hydroxyl groups excluding tert-OH is 1. The van der Waals surface area contributed by atoms with Gasteiger partial charge in [0.15, 0.2) is 0 Å². The van der Waals surface area contributed by atoms with E-state index in [1.165, 1.54) is 18.2 Å². The highest BCUT2D eigenvalue weighted by Gasteiger charge is 2.34. The normalized spacial score (nSPS) is 13.3. The van der Waals surface area contributed by atoms with Crippen LogP contribution in [0.3, 0.4) is 0 Å². The topological polar surface area (TPSA) is 32.7 Å². The van der Waals surface area contributed by atoms with Gasteiger partial charge in [0, 0.05) is 13.1 Å². The molecule has 0 aliphatic heterocycles. The summed E-state index contributed by atoms with van der Waals surface area (Å²) >= 11 is 0. The second-order valence-corrected chi connectivity index (χ2v) is 4.47. The lowest BCUT2D eigenvalue weighted by atomic mass is 10.2. The third-order valence-electron chi connectivity index (χ3n) is 2.59. The first-order valence-electron chi connectivity index (χ1n) is 6.11. The second kappa shape index (κ2) is 7.31. The standard InChI is InChI=1S/C14H18F3NO2/c1-3-8-18(2)9-11(19)10-20-13-7-5-4-6-12(13)14(15,16)17/h3-7,11,19H,1,8-10H2,2H3. The van der Waals surface area contributed by atoms with E-state index in [-0.39, 0.29) is 12.4 Å². The van der Waals surface area contributed by atoms with E-state index in [9.17, 15) is 18.3 Å². The Balaban J connectivity index is 2.60. The van der Waals surface area contributed by atoms with E-state index >= 15 is 0 Å². The Morgan fingerprint density at radius 2 is 2.05 bits per heavy atom. The number of alkyl halides is 3. The quantitative estimate of drug-likeness (QED) is 0.783. The third-order valence-corrected chi connectivity index (χ3v) is 2.59. The van der Waals surface area contributed by atoms with Crippen LogP contribution >= 0.6 is 0 Å². The fourth-order valence-corrected chi connectivity index (χ4v) is 1.72. The van der Waals surface area contributed by atoms with Crippen LogP contribution in [-0.4, -0.2) is 42.9 Å². The zero-order valence-electron chi connectivity index (χ0n) is 11.2. The van der Waals surface area contributed by atoms with Crippen LogP contribution in [0.2, 0.25) is 0 Å². The summed E-state index contributed by atoms with van der Waals surface area (Å²) in [6.07, 6.45) is -3.67. The van der Waals surface area contributed by atoms with E-state index in [4.69, 9.17) is 4.74 Å². The maximum absolute atomic E-state index is 12.7. The summed E-state index contributed by atoms with van der Waals surface area (Å²) < 4.78 is 43.2. The predicted molar refractivity (Wildman–Crippen MR) is 70.6 cm³/mol. The number of nitrogens with zero attached hydrogens (tertiary/aromatic N) is 1. The minimum Gasteiger partial charge on any atom is -0.490 e. The van der Waals surface area contributed by atoms with E-state index in [0.29, 0.717) is 13.1 Å². The molecule has 20 heavy (non-hydrogen) atoms. The molecule has 0 aliphatic carbocycles. The molecule has 1 atom stereocenters. The molecule has 0 radical (unpaired) electrons. The van der Waals surface area contributed by atoms with E-state index < -0.39 is 17.8 Å². The van der Waals surface area contributed by atoms with Crippen LogP contribution in [0.4, 0.5) is 13.2 Å². The number of ether oxygens (including phenoxy) is 1. The Bertz CT molecular complexity index is 435. The molecule has 1 aromatic rings. The van der Waals surface area contributed by atoms with Gasteiger partial charge in [-0.1, -0.05) is 18.2 Å². The lowest BCUT2D eigenvalue weighted by Gasteiger charge is -2.20. The fraction of sp³-hybridized carbons (Fsp3) is 0.429. The molecule has 0 saturated carbocycles. The Kier molecular flexibility index (Phi) is 6.04. The minimum atomic E-state index is -4.47. The van der Waals surface area contributed by atoms with Crippen LogP contribution < -0.4 is 4.74 Å². The van der Waals surface area contributed by atoms with Gasteiger partial charge in [0.2, 0.25) is 0 Å². The monoisotopic (exact) mass is 289 g/mol. The summed E-state index contributed by atoms with van der Waals surface area (Å²) in [5, 5.41) is 9.72. The van der Waals surface area contributed by atoms with E-state index in [2.05, 4.69) is 6.58 Å². The summed E-state index contributed by atoms with van der Waals surface area (Å²) in [5.41, 5.74) is -0.841. The van der Waals surface area contributed by atoms with Crippen LogP contribution in [-0.2, 0) is 6.18 Å². The van der Waals surface area contributed by atoms with E-state index in [1.54, 1.807) is 18.0 Å². The van der Waals surface area contributed by atoms with Gasteiger partial charge in [-0.25, -0.2) is 0 Å². The SMILES string of the molecule is C=CCN(C)CC(O)COc1ccccc1C(F)(F)F. The Morgan fingerprint density at radius 3 is 2.65 bits per heavy atom. The zero-order chi connectivity index (χ0) is 15.2. The summed E-state index contributed by atoms with van der Waals surface area (Å²) in [5.74, 6) is -0.273. The molecule has 0 saturated heterocycles. The Morgan fingerprint density at radius 1 is 1.40 bits per heavy atom. The van der Waals surface area contributed by atoms with Crippen molar-refractivity contribution < 1.29 is 23.0 Å². The summed E-state index contributed by atoms with van der Waals surface area (Å²) in [7, 11) is 1.77. The number of para-hydroxylation sites is 1. The van der Waals surface area contributed by atoms with Crippen molar-refractivity contribution in [2.75, 3.05) is 26.7 Å². The number of rotatable bonds is 7. The van der Waals surface area contributed by atoms with Crippen molar-refractivity contribution in [3.63, 3.8) is 0 Å². The van der Waals surface area contributed by atoms with Crippen molar-refractivity contribution in [3.8, 4) is 5.75 Å². The largest absolute Gasteiger partial charge is 0.490 e. The predicted octanol–water partition coefficient (Wildman–Crippen LogP) is 2.56. The van der Waals surface area contributed by atoms with Crippen LogP contribution in [0.5, 0.6) is 5.75 Å². The average molecular weight is 289 g/mol. The van der Waals surface area contributed by atoms with E-state index in [1.807, 2.05) is 0 Å². The van der Waals surface area contributed by atoms with Gasteiger partial charge in [-0.05, 0) is 19.2 Å². The molecule has 1 rings (SSSR count). The molecule has 112 valence electrons. The molecule has 0 fully saturated rings. The molecular weight excluding hydrogens is 271 g/mol. The molecule has 0 heterocycles. The molecule has 3 nitrogen and oxygen atoms in total. The van der Waals surface area contributed by atoms with Crippen molar-refractivity contribution in [3.05, 3.63) is 42.5 Å². The van der Waals surface area contributed by atoms with Gasteiger partial charge < -0.3 is 14.7 Å². The van der Waals surface area contributed by atoms with Gasteiger partial charge in [0.1, 0.15) is 18.5 Å².